The summed E-state index contributed by atoms with van der Waals surface area (Å²) >= 11 is 0. The summed E-state index contributed by atoms with van der Waals surface area (Å²) in [6, 6.07) is 15.3. The number of anilines is 1. The van der Waals surface area contributed by atoms with Gasteiger partial charge in [-0.2, -0.15) is 5.10 Å². The first-order valence-corrected chi connectivity index (χ1v) is 9.27. The third kappa shape index (κ3) is 4.02. The fraction of sp³-hybridized carbons (Fsp3) is 0.0455. The van der Waals surface area contributed by atoms with Crippen LogP contribution in [0.15, 0.2) is 71.0 Å². The molecule has 1 aromatic heterocycles. The smallest absolute Gasteiger partial charge is 0.259 e. The molecule has 4 N–H and O–H groups in total. The molecule has 3 aromatic carbocycles. The number of aliphatic hydroxyl groups excluding tert-OH is 1. The molecule has 1 heterocycles. The molecule has 154 valence electrons. The molecule has 0 aliphatic rings. The van der Waals surface area contributed by atoms with Crippen molar-refractivity contribution in [2.45, 2.75) is 6.61 Å². The third-order valence-corrected chi connectivity index (χ3v) is 4.66. The maximum atomic E-state index is 12.9. The Hall–Kier alpha value is -4.37. The van der Waals surface area contributed by atoms with Gasteiger partial charge in [0, 0.05) is 11.1 Å². The van der Waals surface area contributed by atoms with Crippen LogP contribution < -0.4 is 5.32 Å². The molecule has 0 aliphatic heterocycles. The van der Waals surface area contributed by atoms with Gasteiger partial charge in [-0.3, -0.25) is 14.7 Å². The van der Waals surface area contributed by atoms with Gasteiger partial charge in [0.15, 0.2) is 17.9 Å². The molecule has 9 nitrogen and oxygen atoms in total. The fourth-order valence-electron chi connectivity index (χ4n) is 3.04. The van der Waals surface area contributed by atoms with Gasteiger partial charge in [-0.25, -0.2) is 0 Å². The van der Waals surface area contributed by atoms with E-state index in [0.717, 1.165) is 0 Å². The van der Waals surface area contributed by atoms with Crippen LogP contribution in [0.4, 0.5) is 17.2 Å². The number of carbonyl (C=O) groups is 2. The molecule has 0 spiro atoms. The van der Waals surface area contributed by atoms with Gasteiger partial charge >= 0.3 is 0 Å². The SMILES string of the molecule is O=Cc1cn[nH]c1N=Nc1c(O)c(C(=O)Nc2ccc(CO)cc2)cc2ccccc12. The van der Waals surface area contributed by atoms with Crippen LogP contribution in [0.3, 0.4) is 0 Å². The van der Waals surface area contributed by atoms with Gasteiger partial charge in [-0.05, 0) is 29.1 Å². The average Bonchev–Trinajstić information content (AvgIpc) is 3.26. The minimum absolute atomic E-state index is 0.0131. The zero-order valence-corrected chi connectivity index (χ0v) is 16.1. The molecule has 0 saturated heterocycles. The molecule has 0 aliphatic carbocycles. The van der Waals surface area contributed by atoms with E-state index in [9.17, 15) is 14.7 Å². The Morgan fingerprint density at radius 1 is 1.13 bits per heavy atom. The molecule has 0 unspecified atom stereocenters. The quantitative estimate of drug-likeness (QED) is 0.275. The van der Waals surface area contributed by atoms with E-state index in [4.69, 9.17) is 5.11 Å². The number of phenols is 1. The number of azo groups is 1. The number of amides is 1. The van der Waals surface area contributed by atoms with E-state index in [1.54, 1.807) is 54.6 Å². The van der Waals surface area contributed by atoms with Crippen molar-refractivity contribution in [2.24, 2.45) is 10.2 Å². The summed E-state index contributed by atoms with van der Waals surface area (Å²) in [5.74, 6) is -0.747. The topological polar surface area (TPSA) is 140 Å². The second-order valence-electron chi connectivity index (χ2n) is 6.64. The van der Waals surface area contributed by atoms with Gasteiger partial charge in [0.2, 0.25) is 0 Å². The zero-order valence-electron chi connectivity index (χ0n) is 16.1. The minimum Gasteiger partial charge on any atom is -0.505 e. The third-order valence-electron chi connectivity index (χ3n) is 4.66. The number of hydrogen-bond acceptors (Lipinski definition) is 7. The number of carbonyl (C=O) groups excluding carboxylic acids is 2. The van der Waals surface area contributed by atoms with Crippen molar-refractivity contribution in [1.82, 2.24) is 10.2 Å². The minimum atomic E-state index is -0.536. The van der Waals surface area contributed by atoms with Crippen LogP contribution in [0.1, 0.15) is 26.3 Å². The Labute approximate surface area is 176 Å². The molecule has 9 heteroatoms. The van der Waals surface area contributed by atoms with Crippen LogP contribution in [0, 0.1) is 0 Å². The molecule has 0 saturated carbocycles. The molecule has 0 radical (unpaired) electrons. The Kier molecular flexibility index (Phi) is 5.50. The number of aromatic nitrogens is 2. The van der Waals surface area contributed by atoms with E-state index in [-0.39, 0.29) is 35.0 Å². The van der Waals surface area contributed by atoms with Gasteiger partial charge < -0.3 is 15.5 Å². The highest BCUT2D eigenvalue weighted by Gasteiger charge is 2.19. The number of phenolic OH excluding ortho intramolecular Hbond substituents is 1. The maximum Gasteiger partial charge on any atom is 0.259 e. The van der Waals surface area contributed by atoms with Crippen LogP contribution in [0.2, 0.25) is 0 Å². The van der Waals surface area contributed by atoms with Crippen LogP contribution in [0.25, 0.3) is 10.8 Å². The predicted molar refractivity (Wildman–Crippen MR) is 114 cm³/mol. The number of nitrogens with one attached hydrogen (secondary N) is 2. The number of aldehydes is 1. The molecule has 0 bridgehead atoms. The lowest BCUT2D eigenvalue weighted by atomic mass is 10.0. The number of fused-ring (bicyclic) bond motifs is 1. The Bertz CT molecular complexity index is 1300. The summed E-state index contributed by atoms with van der Waals surface area (Å²) in [5.41, 5.74) is 1.53. The maximum absolute atomic E-state index is 12.9. The van der Waals surface area contributed by atoms with Crippen molar-refractivity contribution in [2.75, 3.05) is 5.32 Å². The average molecular weight is 415 g/mol. The summed E-state index contributed by atoms with van der Waals surface area (Å²) in [6.07, 6.45) is 1.90. The van der Waals surface area contributed by atoms with E-state index in [2.05, 4.69) is 25.7 Å². The van der Waals surface area contributed by atoms with Crippen LogP contribution in [-0.2, 0) is 6.61 Å². The van der Waals surface area contributed by atoms with Crippen molar-refractivity contribution in [1.29, 1.82) is 0 Å². The van der Waals surface area contributed by atoms with Crippen molar-refractivity contribution >= 4 is 40.2 Å². The highest BCUT2D eigenvalue weighted by atomic mass is 16.3. The highest BCUT2D eigenvalue weighted by molar-refractivity contribution is 6.11. The largest absolute Gasteiger partial charge is 0.505 e. The molecule has 0 atom stereocenters. The lowest BCUT2D eigenvalue weighted by Crippen LogP contribution is -2.12. The van der Waals surface area contributed by atoms with E-state index in [1.165, 1.54) is 6.20 Å². The number of aromatic hydroxyl groups is 1. The lowest BCUT2D eigenvalue weighted by molar-refractivity contribution is 0.102. The lowest BCUT2D eigenvalue weighted by Gasteiger charge is -2.11. The van der Waals surface area contributed by atoms with Crippen molar-refractivity contribution in [3.8, 4) is 5.75 Å². The summed E-state index contributed by atoms with van der Waals surface area (Å²) in [7, 11) is 0. The van der Waals surface area contributed by atoms with Gasteiger partial charge in [0.05, 0.1) is 23.9 Å². The van der Waals surface area contributed by atoms with Crippen molar-refractivity contribution in [3.05, 3.63) is 77.5 Å². The van der Waals surface area contributed by atoms with Crippen molar-refractivity contribution in [3.63, 3.8) is 0 Å². The molecule has 0 fully saturated rings. The van der Waals surface area contributed by atoms with Crippen LogP contribution in [0.5, 0.6) is 5.75 Å². The number of rotatable bonds is 6. The zero-order chi connectivity index (χ0) is 21.8. The monoisotopic (exact) mass is 415 g/mol. The molecule has 4 rings (SSSR count). The number of hydrogen-bond donors (Lipinski definition) is 4. The van der Waals surface area contributed by atoms with Gasteiger partial charge in [-0.1, -0.05) is 36.4 Å². The second kappa shape index (κ2) is 8.56. The Morgan fingerprint density at radius 2 is 1.90 bits per heavy atom. The summed E-state index contributed by atoms with van der Waals surface area (Å²) in [5, 5.41) is 38.3. The van der Waals surface area contributed by atoms with Gasteiger partial charge in [0.1, 0.15) is 5.69 Å². The van der Waals surface area contributed by atoms with E-state index in [0.29, 0.717) is 28.3 Å². The summed E-state index contributed by atoms with van der Waals surface area (Å²) in [4.78, 5) is 23.9. The molecular formula is C22H17N5O4. The van der Waals surface area contributed by atoms with Gasteiger partial charge in [-0.15, -0.1) is 10.2 Å². The Balaban J connectivity index is 1.74. The fourth-order valence-corrected chi connectivity index (χ4v) is 3.04. The van der Waals surface area contributed by atoms with E-state index in [1.807, 2.05) is 0 Å². The Morgan fingerprint density at radius 3 is 2.65 bits per heavy atom. The van der Waals surface area contributed by atoms with Crippen molar-refractivity contribution < 1.29 is 19.8 Å². The van der Waals surface area contributed by atoms with Gasteiger partial charge in [0.25, 0.3) is 5.91 Å². The molecule has 31 heavy (non-hydrogen) atoms. The summed E-state index contributed by atoms with van der Waals surface area (Å²) in [6.45, 7) is -0.101. The number of aliphatic hydroxyl groups is 1. The van der Waals surface area contributed by atoms with E-state index < -0.39 is 5.91 Å². The summed E-state index contributed by atoms with van der Waals surface area (Å²) < 4.78 is 0. The first-order valence-electron chi connectivity index (χ1n) is 9.27. The highest BCUT2D eigenvalue weighted by Crippen LogP contribution is 2.39. The normalized spacial score (nSPS) is 11.1. The number of benzene rings is 3. The number of H-pyrrole nitrogens is 1. The predicted octanol–water partition coefficient (Wildman–Crippen LogP) is 4.24. The standard InChI is InChI=1S/C22H17N5O4/c28-11-13-5-7-16(8-6-13)24-22(31)18-9-14-3-1-2-4-17(14)19(20(18)30)25-27-21-15(12-29)10-23-26-21/h1-10,12,28,30H,11H2,(H,23,26)(H,24,31). The molecular weight excluding hydrogens is 398 g/mol. The first kappa shape index (κ1) is 19.9. The van der Waals surface area contributed by atoms with E-state index >= 15 is 0 Å². The molecule has 4 aromatic rings. The number of aromatic amines is 1. The second-order valence-corrected chi connectivity index (χ2v) is 6.64. The number of nitrogens with zero attached hydrogens (tertiary/aromatic N) is 3. The van der Waals surface area contributed by atoms with Crippen LogP contribution >= 0.6 is 0 Å². The van der Waals surface area contributed by atoms with Crippen LogP contribution in [-0.4, -0.2) is 32.6 Å². The molecule has 1 amide bonds. The first-order chi connectivity index (χ1) is 15.1.